The fraction of sp³-hybridized carbons (Fsp3) is 0.769. The van der Waals surface area contributed by atoms with Crippen molar-refractivity contribution in [1.82, 2.24) is 0 Å². The maximum Gasteiger partial charge on any atom is 0.323 e. The quantitative estimate of drug-likeness (QED) is 0.0920. The van der Waals surface area contributed by atoms with E-state index in [9.17, 15) is 28.8 Å². The Bertz CT molecular complexity index is 1010. The number of carbonyl (C=O) groups excluding carboxylic acids is 6. The molecule has 0 N–H and O–H groups in total. The second kappa shape index (κ2) is 15.6. The number of esters is 5. The van der Waals surface area contributed by atoms with E-state index in [1.807, 2.05) is 0 Å². The third-order valence-electron chi connectivity index (χ3n) is 4.94. The summed E-state index contributed by atoms with van der Waals surface area (Å²) in [4.78, 5) is 77.0. The van der Waals surface area contributed by atoms with Gasteiger partial charge in [-0.1, -0.05) is 79.6 Å². The lowest BCUT2D eigenvalue weighted by Crippen LogP contribution is -2.57. The number of alkyl halides is 5. The molecule has 0 saturated carbocycles. The maximum atomic E-state index is 13.2. The average Bonchev–Trinajstić information content (AvgIpc) is 2.78. The summed E-state index contributed by atoms with van der Waals surface area (Å²) in [5.41, 5.74) is 0. The average molecular weight is 925 g/mol. The van der Waals surface area contributed by atoms with Gasteiger partial charge in [0.15, 0.2) is 30.7 Å². The van der Waals surface area contributed by atoms with Gasteiger partial charge in [-0.15, -0.1) is 0 Å². The Morgan fingerprint density at radius 1 is 0.524 bits per heavy atom. The molecule has 11 nitrogen and oxygen atoms in total. The van der Waals surface area contributed by atoms with E-state index in [4.69, 9.17) is 23.7 Å². The van der Waals surface area contributed by atoms with Crippen LogP contribution in [-0.2, 0) is 52.5 Å². The highest BCUT2D eigenvalue weighted by atomic mass is 79.9. The van der Waals surface area contributed by atoms with Crippen LogP contribution in [0.1, 0.15) is 69.2 Å². The number of hydrogen-bond donors (Lipinski definition) is 0. The van der Waals surface area contributed by atoms with Crippen LogP contribution in [0.2, 0.25) is 0 Å². The minimum atomic E-state index is -1.88. The lowest BCUT2D eigenvalue weighted by Gasteiger charge is -2.37. The minimum Gasteiger partial charge on any atom is -0.461 e. The number of ether oxygens (including phenoxy) is 5. The summed E-state index contributed by atoms with van der Waals surface area (Å²) in [6.45, 7) is 14.0. The number of aldehydes is 1. The fourth-order valence-corrected chi connectivity index (χ4v) is 2.93. The van der Waals surface area contributed by atoms with Crippen LogP contribution in [0.15, 0.2) is 0 Å². The summed E-state index contributed by atoms with van der Waals surface area (Å²) in [7, 11) is 0. The van der Waals surface area contributed by atoms with Crippen molar-refractivity contribution in [2.24, 2.45) is 0 Å². The zero-order valence-electron chi connectivity index (χ0n) is 25.0. The van der Waals surface area contributed by atoms with Crippen LogP contribution in [0.4, 0.5) is 0 Å². The second-order valence-corrected chi connectivity index (χ2v) is 21.6. The van der Waals surface area contributed by atoms with Gasteiger partial charge in [0.1, 0.15) is 28.2 Å². The Balaban J connectivity index is 7.27. The topological polar surface area (TPSA) is 149 Å². The van der Waals surface area contributed by atoms with Crippen LogP contribution in [0.5, 0.6) is 0 Å². The summed E-state index contributed by atoms with van der Waals surface area (Å²) in [6, 6.07) is 0. The van der Waals surface area contributed by atoms with Crippen LogP contribution in [0.25, 0.3) is 0 Å². The molecule has 42 heavy (non-hydrogen) atoms. The highest BCUT2D eigenvalue weighted by molar-refractivity contribution is 9.11. The third kappa shape index (κ3) is 14.0. The van der Waals surface area contributed by atoms with Crippen molar-refractivity contribution in [3.63, 3.8) is 0 Å². The highest BCUT2D eigenvalue weighted by Crippen LogP contribution is 2.30. The molecule has 0 radical (unpaired) electrons. The second-order valence-electron chi connectivity index (χ2n) is 11.7. The third-order valence-corrected chi connectivity index (χ3v) is 6.56. The van der Waals surface area contributed by atoms with Gasteiger partial charge in [0, 0.05) is 0 Å². The maximum absolute atomic E-state index is 13.2. The summed E-state index contributed by atoms with van der Waals surface area (Å²) in [5.74, 6) is -4.46. The van der Waals surface area contributed by atoms with Crippen LogP contribution in [0.3, 0.4) is 0 Å². The molecule has 0 aromatic heterocycles. The van der Waals surface area contributed by atoms with E-state index in [-0.39, 0.29) is 6.29 Å². The lowest BCUT2D eigenvalue weighted by molar-refractivity contribution is -0.205. The first-order valence-corrected chi connectivity index (χ1v) is 16.4. The van der Waals surface area contributed by atoms with Gasteiger partial charge < -0.3 is 23.7 Å². The number of halogens is 5. The predicted octanol–water partition coefficient (Wildman–Crippen LogP) is 5.24. The molecule has 0 bridgehead atoms. The van der Waals surface area contributed by atoms with Gasteiger partial charge in [-0.05, 0) is 69.2 Å². The van der Waals surface area contributed by atoms with E-state index in [0.717, 1.165) is 0 Å². The molecule has 0 fully saturated rings. The van der Waals surface area contributed by atoms with Crippen LogP contribution >= 0.6 is 79.6 Å². The monoisotopic (exact) mass is 920 g/mol. The molecule has 0 aliphatic rings. The van der Waals surface area contributed by atoms with E-state index in [2.05, 4.69) is 79.6 Å². The Labute approximate surface area is 288 Å². The van der Waals surface area contributed by atoms with Crippen molar-refractivity contribution >= 4 is 116 Å². The molecule has 0 aromatic carbocycles. The van der Waals surface area contributed by atoms with Crippen molar-refractivity contribution in [2.75, 3.05) is 6.61 Å². The van der Waals surface area contributed by atoms with Gasteiger partial charge in [0.2, 0.25) is 0 Å². The van der Waals surface area contributed by atoms with E-state index in [0.29, 0.717) is 0 Å². The highest BCUT2D eigenvalue weighted by Gasteiger charge is 2.49. The molecular weight excluding hydrogens is 888 g/mol. The summed E-state index contributed by atoms with van der Waals surface area (Å²) in [6.07, 6.45) is -7.07. The van der Waals surface area contributed by atoms with Crippen LogP contribution < -0.4 is 0 Å². The number of carbonyl (C=O) groups is 6. The van der Waals surface area contributed by atoms with Gasteiger partial charge in [-0.3, -0.25) is 28.8 Å². The van der Waals surface area contributed by atoms with Crippen LogP contribution in [0, 0.1) is 0 Å². The Hall–Kier alpha value is -0.580. The van der Waals surface area contributed by atoms with Gasteiger partial charge in [0.25, 0.3) is 0 Å². The zero-order valence-corrected chi connectivity index (χ0v) is 32.9. The molecule has 0 aliphatic heterocycles. The normalized spacial score (nSPS) is 15.8. The van der Waals surface area contributed by atoms with Crippen molar-refractivity contribution in [3.05, 3.63) is 0 Å². The van der Waals surface area contributed by atoms with Crippen LogP contribution in [-0.4, -0.2) is 88.8 Å². The summed E-state index contributed by atoms with van der Waals surface area (Å²) >= 11 is 15.9. The summed E-state index contributed by atoms with van der Waals surface area (Å²) < 4.78 is 21.3. The number of rotatable bonds is 15. The molecule has 0 aliphatic carbocycles. The Morgan fingerprint density at radius 2 is 0.833 bits per heavy atom. The lowest BCUT2D eigenvalue weighted by atomic mass is 10.0. The van der Waals surface area contributed by atoms with E-state index in [1.54, 1.807) is 0 Å². The van der Waals surface area contributed by atoms with E-state index < -0.39 is 82.5 Å². The first kappa shape index (κ1) is 41.4. The number of hydrogen-bond acceptors (Lipinski definition) is 11. The predicted molar refractivity (Wildman–Crippen MR) is 172 cm³/mol. The van der Waals surface area contributed by atoms with Gasteiger partial charge in [-0.25, -0.2) is 0 Å². The Morgan fingerprint density at radius 3 is 1.17 bits per heavy atom. The van der Waals surface area contributed by atoms with Gasteiger partial charge in [-0.2, -0.15) is 0 Å². The molecule has 0 saturated heterocycles. The van der Waals surface area contributed by atoms with Crippen molar-refractivity contribution in [2.45, 2.75) is 115 Å². The van der Waals surface area contributed by atoms with Crippen molar-refractivity contribution < 1.29 is 52.5 Å². The minimum absolute atomic E-state index is 0.177. The molecule has 242 valence electrons. The van der Waals surface area contributed by atoms with Crippen molar-refractivity contribution in [1.29, 1.82) is 0 Å². The summed E-state index contributed by atoms with van der Waals surface area (Å²) in [5, 5.41) is 0. The molecule has 0 unspecified atom stereocenters. The van der Waals surface area contributed by atoms with Gasteiger partial charge >= 0.3 is 29.8 Å². The van der Waals surface area contributed by atoms with Crippen molar-refractivity contribution in [3.8, 4) is 0 Å². The smallest absolute Gasteiger partial charge is 0.323 e. The molecule has 0 amide bonds. The van der Waals surface area contributed by atoms with E-state index >= 15 is 0 Å². The molecule has 0 aromatic rings. The first-order valence-electron chi connectivity index (χ1n) is 12.4. The molecule has 0 spiro atoms. The molecule has 4 atom stereocenters. The van der Waals surface area contributed by atoms with E-state index in [1.165, 1.54) is 69.2 Å². The standard InChI is InChI=1S/C26H37Br5O11/c1-22(2,27)17(33)38-12-14(40-19(35)24(5,6)29)16(42-21(37)26(9,10)31)15(41-20(36)25(7,8)30)13(11-32)39-18(34)23(3,4)28/h11,13-16H,12H2,1-10H3/t13-,14+,15+,16+/m0/s1. The SMILES string of the molecule is CC(C)(Br)C(=O)OC[C@@H](OC(=O)C(C)(C)Br)[C@@H](OC(=O)C(C)(C)Br)[C@H](OC(=O)C(C)(C)Br)[C@H](C=O)OC(=O)C(C)(C)Br. The zero-order chi connectivity index (χ0) is 33.6. The molecule has 16 heteroatoms. The largest absolute Gasteiger partial charge is 0.461 e. The first-order chi connectivity index (χ1) is 18.5. The molecule has 0 rings (SSSR count). The van der Waals surface area contributed by atoms with Gasteiger partial charge in [0.05, 0.1) is 0 Å². The molecule has 0 heterocycles. The Kier molecular flexibility index (Phi) is 15.4. The molecular formula is C26H37Br5O11. The fourth-order valence-electron chi connectivity index (χ4n) is 2.44.